The van der Waals surface area contributed by atoms with E-state index in [1.807, 2.05) is 0 Å². The molecule has 0 radical (unpaired) electrons. The molecule has 2 aliphatic heterocycles. The van der Waals surface area contributed by atoms with Gasteiger partial charge in [-0.1, -0.05) is 6.07 Å². The number of hydrogen-bond acceptors (Lipinski definition) is 4. The van der Waals surface area contributed by atoms with E-state index in [-0.39, 0.29) is 0 Å². The maximum absolute atomic E-state index is 5.95. The van der Waals surface area contributed by atoms with Crippen LogP contribution in [-0.4, -0.2) is 57.3 Å². The minimum Gasteiger partial charge on any atom is -0.492 e. The lowest BCUT2D eigenvalue weighted by molar-refractivity contribution is 0.238. The van der Waals surface area contributed by atoms with E-state index in [4.69, 9.17) is 4.74 Å². The molecule has 4 nitrogen and oxygen atoms in total. The molecule has 2 heterocycles. The molecule has 0 bridgehead atoms. The molecule has 0 amide bonds. The van der Waals surface area contributed by atoms with Gasteiger partial charge >= 0.3 is 0 Å². The number of likely N-dealkylation sites (tertiary alicyclic amines) is 1. The molecule has 21 heavy (non-hydrogen) atoms. The van der Waals surface area contributed by atoms with E-state index in [0.29, 0.717) is 0 Å². The highest BCUT2D eigenvalue weighted by Gasteiger charge is 2.12. The lowest BCUT2D eigenvalue weighted by Crippen LogP contribution is -2.27. The summed E-state index contributed by atoms with van der Waals surface area (Å²) in [4.78, 5) is 4.94. The zero-order chi connectivity index (χ0) is 14.3. The molecule has 1 aromatic rings. The van der Waals surface area contributed by atoms with Gasteiger partial charge in [0.15, 0.2) is 0 Å². The van der Waals surface area contributed by atoms with Crippen molar-refractivity contribution >= 4 is 5.69 Å². The normalized spacial score (nSPS) is 20.5. The number of anilines is 1. The first-order valence-corrected chi connectivity index (χ1v) is 8.33. The fourth-order valence-electron chi connectivity index (χ4n) is 3.17. The average molecular weight is 289 g/mol. The van der Waals surface area contributed by atoms with Crippen LogP contribution in [0.4, 0.5) is 5.69 Å². The second kappa shape index (κ2) is 7.66. The topological polar surface area (TPSA) is 27.7 Å². The third-order valence-electron chi connectivity index (χ3n) is 4.40. The number of ether oxygens (including phenoxy) is 1. The molecule has 1 N–H and O–H groups in total. The summed E-state index contributed by atoms with van der Waals surface area (Å²) >= 11 is 0. The number of nitrogens with one attached hydrogen (secondary N) is 1. The van der Waals surface area contributed by atoms with Gasteiger partial charge in [-0.15, -0.1) is 0 Å². The Morgan fingerprint density at radius 1 is 1.00 bits per heavy atom. The molecule has 0 unspecified atom stereocenters. The van der Waals surface area contributed by atoms with Gasteiger partial charge in [0.05, 0.1) is 0 Å². The summed E-state index contributed by atoms with van der Waals surface area (Å²) in [7, 11) is 0. The summed E-state index contributed by atoms with van der Waals surface area (Å²) < 4.78 is 5.95. The Labute approximate surface area is 128 Å². The number of nitrogens with zero attached hydrogens (tertiary/aromatic N) is 2. The van der Waals surface area contributed by atoms with Crippen LogP contribution in [0.15, 0.2) is 24.3 Å². The van der Waals surface area contributed by atoms with Crippen molar-refractivity contribution in [3.8, 4) is 5.75 Å². The summed E-state index contributed by atoms with van der Waals surface area (Å²) in [5.74, 6) is 1.00. The van der Waals surface area contributed by atoms with Gasteiger partial charge in [0, 0.05) is 37.9 Å². The van der Waals surface area contributed by atoms with E-state index in [1.165, 1.54) is 38.0 Å². The molecular formula is C17H27N3O. The van der Waals surface area contributed by atoms with E-state index in [1.54, 1.807) is 0 Å². The van der Waals surface area contributed by atoms with Crippen molar-refractivity contribution in [2.45, 2.75) is 19.3 Å². The highest BCUT2D eigenvalue weighted by Crippen LogP contribution is 2.22. The predicted octanol–water partition coefficient (Wildman–Crippen LogP) is 1.96. The standard InChI is InChI=1S/C17H27N3O/c1-2-10-19(9-1)13-14-21-17-6-3-5-16(15-17)20-11-4-7-18-8-12-20/h3,5-6,15,18H,1-2,4,7-14H2. The Bertz CT molecular complexity index is 424. The summed E-state index contributed by atoms with van der Waals surface area (Å²) in [5, 5.41) is 3.45. The van der Waals surface area contributed by atoms with Gasteiger partial charge in [-0.2, -0.15) is 0 Å². The summed E-state index contributed by atoms with van der Waals surface area (Å²) in [6.45, 7) is 8.74. The Kier molecular flexibility index (Phi) is 5.35. The van der Waals surface area contributed by atoms with Crippen molar-refractivity contribution < 1.29 is 4.74 Å². The lowest BCUT2D eigenvalue weighted by atomic mass is 10.2. The second-order valence-electron chi connectivity index (χ2n) is 5.99. The van der Waals surface area contributed by atoms with Crippen molar-refractivity contribution in [1.29, 1.82) is 0 Å². The number of benzene rings is 1. The zero-order valence-corrected chi connectivity index (χ0v) is 12.9. The van der Waals surface area contributed by atoms with Crippen LogP contribution < -0.4 is 15.0 Å². The van der Waals surface area contributed by atoms with Crippen LogP contribution in [0, 0.1) is 0 Å². The van der Waals surface area contributed by atoms with E-state index >= 15 is 0 Å². The van der Waals surface area contributed by atoms with Gasteiger partial charge in [-0.25, -0.2) is 0 Å². The largest absolute Gasteiger partial charge is 0.492 e. The highest BCUT2D eigenvalue weighted by molar-refractivity contribution is 5.50. The van der Waals surface area contributed by atoms with E-state index in [2.05, 4.69) is 39.4 Å². The third kappa shape index (κ3) is 4.35. The molecule has 2 fully saturated rings. The minimum atomic E-state index is 0.797. The summed E-state index contributed by atoms with van der Waals surface area (Å²) in [6.07, 6.45) is 3.90. The Hall–Kier alpha value is -1.26. The van der Waals surface area contributed by atoms with Crippen molar-refractivity contribution in [3.63, 3.8) is 0 Å². The van der Waals surface area contributed by atoms with Gasteiger partial charge in [-0.05, 0) is 51.0 Å². The molecule has 0 spiro atoms. The molecule has 0 atom stereocenters. The molecule has 1 aromatic carbocycles. The Morgan fingerprint density at radius 2 is 1.90 bits per heavy atom. The number of rotatable bonds is 5. The Morgan fingerprint density at radius 3 is 2.81 bits per heavy atom. The maximum atomic E-state index is 5.95. The van der Waals surface area contributed by atoms with Gasteiger partial charge in [0.1, 0.15) is 12.4 Å². The van der Waals surface area contributed by atoms with Crippen LogP contribution >= 0.6 is 0 Å². The van der Waals surface area contributed by atoms with Gasteiger partial charge < -0.3 is 15.0 Å². The molecule has 2 aliphatic rings. The number of hydrogen-bond donors (Lipinski definition) is 1. The van der Waals surface area contributed by atoms with E-state index < -0.39 is 0 Å². The first kappa shape index (κ1) is 14.7. The first-order valence-electron chi connectivity index (χ1n) is 8.33. The smallest absolute Gasteiger partial charge is 0.121 e. The lowest BCUT2D eigenvalue weighted by Gasteiger charge is -2.23. The SMILES string of the molecule is c1cc(OCCN2CCCC2)cc(N2CCCNCC2)c1. The average Bonchev–Trinajstić information content (AvgIpc) is 2.88. The quantitative estimate of drug-likeness (QED) is 0.897. The highest BCUT2D eigenvalue weighted by atomic mass is 16.5. The molecular weight excluding hydrogens is 262 g/mol. The molecule has 4 heteroatoms. The first-order chi connectivity index (χ1) is 10.4. The van der Waals surface area contributed by atoms with E-state index in [9.17, 15) is 0 Å². The fourth-order valence-corrected chi connectivity index (χ4v) is 3.17. The van der Waals surface area contributed by atoms with Crippen molar-refractivity contribution in [2.24, 2.45) is 0 Å². The van der Waals surface area contributed by atoms with Crippen LogP contribution in [0.25, 0.3) is 0 Å². The van der Waals surface area contributed by atoms with Gasteiger partial charge in [-0.3, -0.25) is 4.90 Å². The van der Waals surface area contributed by atoms with Crippen LogP contribution in [0.2, 0.25) is 0 Å². The van der Waals surface area contributed by atoms with Gasteiger partial charge in [0.2, 0.25) is 0 Å². The third-order valence-corrected chi connectivity index (χ3v) is 4.40. The monoisotopic (exact) mass is 289 g/mol. The van der Waals surface area contributed by atoms with Crippen LogP contribution in [-0.2, 0) is 0 Å². The molecule has 2 saturated heterocycles. The second-order valence-corrected chi connectivity index (χ2v) is 5.99. The zero-order valence-electron chi connectivity index (χ0n) is 12.9. The summed E-state index contributed by atoms with van der Waals surface area (Å²) in [6, 6.07) is 8.57. The molecule has 0 aromatic heterocycles. The van der Waals surface area contributed by atoms with Crippen molar-refractivity contribution in [2.75, 3.05) is 57.3 Å². The van der Waals surface area contributed by atoms with Crippen LogP contribution in [0.5, 0.6) is 5.75 Å². The van der Waals surface area contributed by atoms with Gasteiger partial charge in [0.25, 0.3) is 0 Å². The molecule has 3 rings (SSSR count). The minimum absolute atomic E-state index is 0.797. The predicted molar refractivity (Wildman–Crippen MR) is 87.3 cm³/mol. The van der Waals surface area contributed by atoms with Crippen molar-refractivity contribution in [3.05, 3.63) is 24.3 Å². The van der Waals surface area contributed by atoms with Crippen molar-refractivity contribution in [1.82, 2.24) is 10.2 Å². The fraction of sp³-hybridized carbons (Fsp3) is 0.647. The molecule has 0 saturated carbocycles. The summed E-state index contributed by atoms with van der Waals surface area (Å²) in [5.41, 5.74) is 1.29. The van der Waals surface area contributed by atoms with E-state index in [0.717, 1.165) is 45.1 Å². The Balaban J connectivity index is 1.52. The molecule has 0 aliphatic carbocycles. The molecule has 116 valence electrons. The maximum Gasteiger partial charge on any atom is 0.121 e. The van der Waals surface area contributed by atoms with Crippen LogP contribution in [0.1, 0.15) is 19.3 Å². The van der Waals surface area contributed by atoms with Crippen LogP contribution in [0.3, 0.4) is 0 Å².